The lowest BCUT2D eigenvalue weighted by atomic mass is 10.1. The summed E-state index contributed by atoms with van der Waals surface area (Å²) < 4.78 is 8.22. The normalized spacial score (nSPS) is 33.2. The van der Waals surface area contributed by atoms with E-state index in [4.69, 9.17) is 11.6 Å². The van der Waals surface area contributed by atoms with E-state index in [1.54, 1.807) is 0 Å². The maximum atomic E-state index is 5.95. The van der Waals surface area contributed by atoms with Crippen LogP contribution in [-0.4, -0.2) is 21.8 Å². The monoisotopic (exact) mass is 229 g/mol. The van der Waals surface area contributed by atoms with Crippen LogP contribution in [0, 0.1) is 17.3 Å². The second kappa shape index (κ2) is 2.61. The quantitative estimate of drug-likeness (QED) is 0.740. The Bertz CT molecular complexity index is 362. The highest BCUT2D eigenvalue weighted by Gasteiger charge is 2.62. The predicted molar refractivity (Wildman–Crippen MR) is 57.9 cm³/mol. The van der Waals surface area contributed by atoms with Crippen molar-refractivity contribution in [2.75, 3.05) is 18.0 Å². The van der Waals surface area contributed by atoms with E-state index in [0.29, 0.717) is 10.6 Å². The van der Waals surface area contributed by atoms with Crippen LogP contribution in [0.1, 0.15) is 13.8 Å². The summed E-state index contributed by atoms with van der Waals surface area (Å²) in [5.41, 5.74) is 0.548. The zero-order valence-corrected chi connectivity index (χ0v) is 9.77. The molecule has 1 aliphatic heterocycles. The SMILES string of the molecule is CC1(C)C2CN(c3nsnc3Cl)CC21. The molecule has 0 spiro atoms. The fraction of sp³-hybridized carbons (Fsp3) is 0.778. The Kier molecular flexibility index (Phi) is 1.66. The van der Waals surface area contributed by atoms with Crippen LogP contribution < -0.4 is 4.90 Å². The maximum Gasteiger partial charge on any atom is 0.187 e. The smallest absolute Gasteiger partial charge is 0.187 e. The number of anilines is 1. The van der Waals surface area contributed by atoms with Crippen LogP contribution in [0.15, 0.2) is 0 Å². The number of hydrogen-bond acceptors (Lipinski definition) is 4. The van der Waals surface area contributed by atoms with Gasteiger partial charge in [-0.25, -0.2) is 0 Å². The van der Waals surface area contributed by atoms with Gasteiger partial charge in [-0.2, -0.15) is 8.75 Å². The van der Waals surface area contributed by atoms with E-state index in [1.807, 2.05) is 0 Å². The third kappa shape index (κ3) is 1.04. The van der Waals surface area contributed by atoms with Gasteiger partial charge in [0.1, 0.15) is 0 Å². The molecule has 1 aliphatic carbocycles. The highest BCUT2D eigenvalue weighted by molar-refractivity contribution is 6.99. The number of halogens is 1. The highest BCUT2D eigenvalue weighted by Crippen LogP contribution is 2.62. The summed E-state index contributed by atoms with van der Waals surface area (Å²) in [6.45, 7) is 6.90. The third-order valence-corrected chi connectivity index (χ3v) is 4.73. The minimum Gasteiger partial charge on any atom is -0.353 e. The molecule has 14 heavy (non-hydrogen) atoms. The van der Waals surface area contributed by atoms with Crippen molar-refractivity contribution >= 4 is 29.1 Å². The van der Waals surface area contributed by atoms with E-state index in [0.717, 1.165) is 30.7 Å². The molecule has 5 heteroatoms. The van der Waals surface area contributed by atoms with Crippen LogP contribution in [0.2, 0.25) is 5.15 Å². The molecule has 3 rings (SSSR count). The molecule has 0 bridgehead atoms. The Morgan fingerprint density at radius 3 is 2.50 bits per heavy atom. The molecule has 2 aliphatic rings. The topological polar surface area (TPSA) is 29.0 Å². The van der Waals surface area contributed by atoms with E-state index >= 15 is 0 Å². The largest absolute Gasteiger partial charge is 0.353 e. The second-order valence-electron chi connectivity index (χ2n) is 4.82. The fourth-order valence-electron chi connectivity index (χ4n) is 2.67. The second-order valence-corrected chi connectivity index (χ2v) is 5.70. The van der Waals surface area contributed by atoms with Gasteiger partial charge >= 0.3 is 0 Å². The predicted octanol–water partition coefficient (Wildman–Crippen LogP) is 2.28. The van der Waals surface area contributed by atoms with Crippen molar-refractivity contribution in [1.29, 1.82) is 0 Å². The zero-order chi connectivity index (χ0) is 9.92. The van der Waals surface area contributed by atoms with E-state index < -0.39 is 0 Å². The van der Waals surface area contributed by atoms with Crippen molar-refractivity contribution in [2.45, 2.75) is 13.8 Å². The number of nitrogens with zero attached hydrogens (tertiary/aromatic N) is 3. The van der Waals surface area contributed by atoms with Crippen LogP contribution >= 0.6 is 23.3 Å². The first-order valence-electron chi connectivity index (χ1n) is 4.83. The number of hydrogen-bond donors (Lipinski definition) is 0. The summed E-state index contributed by atoms with van der Waals surface area (Å²) in [4.78, 5) is 2.27. The first-order chi connectivity index (χ1) is 6.60. The lowest BCUT2D eigenvalue weighted by Gasteiger charge is -2.21. The minimum absolute atomic E-state index is 0.548. The average molecular weight is 230 g/mol. The van der Waals surface area contributed by atoms with Crippen molar-refractivity contribution in [3.8, 4) is 0 Å². The van der Waals surface area contributed by atoms with Gasteiger partial charge in [-0.1, -0.05) is 25.4 Å². The molecule has 1 saturated carbocycles. The number of fused-ring (bicyclic) bond motifs is 1. The molecule has 0 amide bonds. The first kappa shape index (κ1) is 8.92. The third-order valence-electron chi connectivity index (χ3n) is 3.85. The lowest BCUT2D eigenvalue weighted by Crippen LogP contribution is -2.26. The van der Waals surface area contributed by atoms with Crippen molar-refractivity contribution in [2.24, 2.45) is 17.3 Å². The van der Waals surface area contributed by atoms with Gasteiger partial charge < -0.3 is 4.90 Å². The average Bonchev–Trinajstić information content (AvgIpc) is 2.61. The first-order valence-corrected chi connectivity index (χ1v) is 5.94. The molecule has 0 N–H and O–H groups in total. The molecule has 1 saturated heterocycles. The molecule has 1 aromatic rings. The van der Waals surface area contributed by atoms with E-state index in [1.165, 1.54) is 11.7 Å². The number of piperidine rings is 1. The van der Waals surface area contributed by atoms with Crippen LogP contribution in [0.4, 0.5) is 5.82 Å². The van der Waals surface area contributed by atoms with Gasteiger partial charge in [0.25, 0.3) is 0 Å². The van der Waals surface area contributed by atoms with Gasteiger partial charge in [-0.15, -0.1) is 0 Å². The summed E-state index contributed by atoms with van der Waals surface area (Å²) >= 11 is 7.14. The van der Waals surface area contributed by atoms with E-state index in [9.17, 15) is 0 Å². The minimum atomic E-state index is 0.548. The van der Waals surface area contributed by atoms with Gasteiger partial charge in [0.05, 0.1) is 11.7 Å². The molecule has 76 valence electrons. The molecular formula is C9H12ClN3S. The Morgan fingerprint density at radius 1 is 1.36 bits per heavy atom. The number of rotatable bonds is 1. The fourth-order valence-corrected chi connectivity index (χ4v) is 3.44. The zero-order valence-electron chi connectivity index (χ0n) is 8.20. The van der Waals surface area contributed by atoms with Crippen molar-refractivity contribution in [3.63, 3.8) is 0 Å². The molecule has 0 aromatic carbocycles. The summed E-state index contributed by atoms with van der Waals surface area (Å²) in [7, 11) is 0. The summed E-state index contributed by atoms with van der Waals surface area (Å²) in [6.07, 6.45) is 0. The Balaban J connectivity index is 1.78. The lowest BCUT2D eigenvalue weighted by molar-refractivity contribution is 0.499. The van der Waals surface area contributed by atoms with Gasteiger partial charge in [-0.3, -0.25) is 0 Å². The molecule has 3 nitrogen and oxygen atoms in total. The molecule has 2 heterocycles. The number of aromatic nitrogens is 2. The molecule has 0 radical (unpaired) electrons. The van der Waals surface area contributed by atoms with Gasteiger partial charge in [0, 0.05) is 13.1 Å². The van der Waals surface area contributed by atoms with Crippen LogP contribution in [0.25, 0.3) is 0 Å². The molecule has 1 aromatic heterocycles. The molecule has 2 fully saturated rings. The Hall–Kier alpha value is -0.350. The van der Waals surface area contributed by atoms with Crippen LogP contribution in [0.5, 0.6) is 0 Å². The van der Waals surface area contributed by atoms with Crippen LogP contribution in [0.3, 0.4) is 0 Å². The molecular weight excluding hydrogens is 218 g/mol. The van der Waals surface area contributed by atoms with Crippen LogP contribution in [-0.2, 0) is 0 Å². The van der Waals surface area contributed by atoms with Gasteiger partial charge in [0.2, 0.25) is 0 Å². The Morgan fingerprint density at radius 2 is 2.00 bits per heavy atom. The Labute approximate surface area is 92.4 Å². The summed E-state index contributed by atoms with van der Waals surface area (Å²) in [6, 6.07) is 0. The molecule has 2 unspecified atom stereocenters. The van der Waals surface area contributed by atoms with Crippen molar-refractivity contribution in [1.82, 2.24) is 8.75 Å². The van der Waals surface area contributed by atoms with Crippen molar-refractivity contribution in [3.05, 3.63) is 5.15 Å². The highest BCUT2D eigenvalue weighted by atomic mass is 35.5. The van der Waals surface area contributed by atoms with Gasteiger partial charge in [-0.05, 0) is 17.3 Å². The van der Waals surface area contributed by atoms with Crippen molar-refractivity contribution < 1.29 is 0 Å². The molecule has 2 atom stereocenters. The maximum absolute atomic E-state index is 5.95. The summed E-state index contributed by atoms with van der Waals surface area (Å²) in [5.74, 6) is 2.56. The standard InChI is InChI=1S/C9H12ClN3S/c1-9(2)5-3-13(4-6(5)9)8-7(10)11-14-12-8/h5-6H,3-4H2,1-2H3. The van der Waals surface area contributed by atoms with E-state index in [-0.39, 0.29) is 0 Å². The summed E-state index contributed by atoms with van der Waals surface area (Å²) in [5, 5.41) is 0.564. The van der Waals surface area contributed by atoms with E-state index in [2.05, 4.69) is 27.5 Å². The van der Waals surface area contributed by atoms with Gasteiger partial charge in [0.15, 0.2) is 11.0 Å².